The van der Waals surface area contributed by atoms with Crippen molar-refractivity contribution in [2.75, 3.05) is 0 Å². The summed E-state index contributed by atoms with van der Waals surface area (Å²) in [6.07, 6.45) is 11.4. The largest absolute Gasteiger partial charge is 0.103 e. The van der Waals surface area contributed by atoms with Crippen LogP contribution in [0.15, 0.2) is 24.8 Å². The van der Waals surface area contributed by atoms with E-state index in [0.717, 1.165) is 18.8 Å². The maximum absolute atomic E-state index is 3.79. The van der Waals surface area contributed by atoms with Crippen LogP contribution in [0.5, 0.6) is 0 Å². The van der Waals surface area contributed by atoms with E-state index in [1.807, 2.05) is 6.08 Å². The molecule has 0 spiro atoms. The molecule has 0 heteroatoms. The fraction of sp³-hybridized carbons (Fsp3) is 0.714. The molecule has 14 heavy (non-hydrogen) atoms. The summed E-state index contributed by atoms with van der Waals surface area (Å²) in [7, 11) is 0. The summed E-state index contributed by atoms with van der Waals surface area (Å²) in [6, 6.07) is 0. The van der Waals surface area contributed by atoms with Gasteiger partial charge in [-0.3, -0.25) is 0 Å². The zero-order valence-electron chi connectivity index (χ0n) is 10.3. The molecule has 0 saturated carbocycles. The van der Waals surface area contributed by atoms with Crippen LogP contribution in [-0.4, -0.2) is 0 Å². The Bertz CT molecular complexity index is 174. The van der Waals surface area contributed by atoms with Crippen molar-refractivity contribution in [2.24, 2.45) is 11.3 Å². The average Bonchev–Trinajstić information content (AvgIpc) is 2.12. The van der Waals surface area contributed by atoms with Crippen LogP contribution in [0.3, 0.4) is 0 Å². The van der Waals surface area contributed by atoms with Crippen molar-refractivity contribution in [3.8, 4) is 0 Å². The first kappa shape index (κ1) is 13.5. The molecule has 0 saturated heterocycles. The third-order valence-corrected chi connectivity index (χ3v) is 2.77. The van der Waals surface area contributed by atoms with E-state index in [1.54, 1.807) is 0 Å². The van der Waals surface area contributed by atoms with Crippen molar-refractivity contribution < 1.29 is 0 Å². The summed E-state index contributed by atoms with van der Waals surface area (Å²) in [4.78, 5) is 0. The molecule has 0 radical (unpaired) electrons. The van der Waals surface area contributed by atoms with Crippen LogP contribution in [0.2, 0.25) is 0 Å². The highest BCUT2D eigenvalue weighted by Gasteiger charge is 2.12. The second-order valence-electron chi connectivity index (χ2n) is 5.08. The van der Waals surface area contributed by atoms with Crippen LogP contribution in [0, 0.1) is 11.3 Å². The van der Waals surface area contributed by atoms with Crippen LogP contribution >= 0.6 is 0 Å². The molecule has 0 fully saturated rings. The summed E-state index contributed by atoms with van der Waals surface area (Å²) < 4.78 is 0. The SMILES string of the molecule is C=CCC(C)(C)CC=CCC(C)CC. The first-order valence-electron chi connectivity index (χ1n) is 5.77. The number of hydrogen-bond acceptors (Lipinski definition) is 0. The standard InChI is InChI=1S/C14H26/c1-6-11-14(4,5)12-9-8-10-13(3)7-2/h6,8-9,13H,1,7,10-12H2,2-5H3. The van der Waals surface area contributed by atoms with E-state index in [1.165, 1.54) is 12.8 Å². The van der Waals surface area contributed by atoms with Crippen molar-refractivity contribution >= 4 is 0 Å². The molecule has 1 unspecified atom stereocenters. The second-order valence-corrected chi connectivity index (χ2v) is 5.08. The Morgan fingerprint density at radius 3 is 2.36 bits per heavy atom. The number of allylic oxidation sites excluding steroid dienone is 3. The lowest BCUT2D eigenvalue weighted by atomic mass is 9.85. The van der Waals surface area contributed by atoms with Crippen LogP contribution in [0.4, 0.5) is 0 Å². The van der Waals surface area contributed by atoms with E-state index in [2.05, 4.69) is 46.4 Å². The molecule has 0 aromatic carbocycles. The van der Waals surface area contributed by atoms with Crippen molar-refractivity contribution in [3.63, 3.8) is 0 Å². The van der Waals surface area contributed by atoms with Crippen molar-refractivity contribution in [2.45, 2.75) is 53.4 Å². The molecule has 0 aliphatic carbocycles. The molecular formula is C14H26. The molecule has 0 bridgehead atoms. The van der Waals surface area contributed by atoms with E-state index >= 15 is 0 Å². The average molecular weight is 194 g/mol. The monoisotopic (exact) mass is 194 g/mol. The smallest absolute Gasteiger partial charge is 0.0285 e. The molecule has 0 nitrogen and oxygen atoms in total. The van der Waals surface area contributed by atoms with E-state index in [-0.39, 0.29) is 0 Å². The van der Waals surface area contributed by atoms with Crippen LogP contribution < -0.4 is 0 Å². The molecule has 0 aliphatic rings. The highest BCUT2D eigenvalue weighted by atomic mass is 14.2. The van der Waals surface area contributed by atoms with Gasteiger partial charge in [-0.15, -0.1) is 6.58 Å². The van der Waals surface area contributed by atoms with Gasteiger partial charge in [-0.05, 0) is 30.6 Å². The van der Waals surface area contributed by atoms with Gasteiger partial charge in [-0.25, -0.2) is 0 Å². The van der Waals surface area contributed by atoms with Gasteiger partial charge in [0.15, 0.2) is 0 Å². The van der Waals surface area contributed by atoms with Gasteiger partial charge in [-0.2, -0.15) is 0 Å². The maximum Gasteiger partial charge on any atom is -0.0285 e. The lowest BCUT2D eigenvalue weighted by Gasteiger charge is -2.20. The first-order valence-corrected chi connectivity index (χ1v) is 5.77. The lowest BCUT2D eigenvalue weighted by Crippen LogP contribution is -2.07. The minimum Gasteiger partial charge on any atom is -0.103 e. The van der Waals surface area contributed by atoms with Gasteiger partial charge in [0.25, 0.3) is 0 Å². The Kier molecular flexibility index (Phi) is 6.61. The van der Waals surface area contributed by atoms with Gasteiger partial charge in [0, 0.05) is 0 Å². The van der Waals surface area contributed by atoms with E-state index in [0.29, 0.717) is 5.41 Å². The van der Waals surface area contributed by atoms with Gasteiger partial charge in [0.05, 0.1) is 0 Å². The molecule has 0 aliphatic heterocycles. The van der Waals surface area contributed by atoms with Gasteiger partial charge >= 0.3 is 0 Å². The molecule has 0 amide bonds. The van der Waals surface area contributed by atoms with Crippen molar-refractivity contribution in [1.82, 2.24) is 0 Å². The summed E-state index contributed by atoms with van der Waals surface area (Å²) in [5.74, 6) is 0.828. The molecule has 0 aromatic heterocycles. The molecule has 0 heterocycles. The third-order valence-electron chi connectivity index (χ3n) is 2.77. The Labute approximate surface area is 90.1 Å². The molecule has 0 rings (SSSR count). The lowest BCUT2D eigenvalue weighted by molar-refractivity contribution is 0.376. The quantitative estimate of drug-likeness (QED) is 0.502. The predicted octanol–water partition coefficient (Wildman–Crippen LogP) is 4.97. The van der Waals surface area contributed by atoms with Gasteiger partial charge in [0.1, 0.15) is 0 Å². The normalized spacial score (nSPS) is 14.6. The second kappa shape index (κ2) is 6.86. The first-order chi connectivity index (χ1) is 6.52. The minimum atomic E-state index is 0.383. The Morgan fingerprint density at radius 1 is 1.21 bits per heavy atom. The number of hydrogen-bond donors (Lipinski definition) is 0. The van der Waals surface area contributed by atoms with Gasteiger partial charge in [0.2, 0.25) is 0 Å². The van der Waals surface area contributed by atoms with Crippen LogP contribution in [0.25, 0.3) is 0 Å². The Hall–Kier alpha value is -0.520. The predicted molar refractivity (Wildman–Crippen MR) is 66.4 cm³/mol. The topological polar surface area (TPSA) is 0 Å². The minimum absolute atomic E-state index is 0.383. The van der Waals surface area contributed by atoms with E-state index < -0.39 is 0 Å². The fourth-order valence-electron chi connectivity index (χ4n) is 1.37. The molecule has 0 aromatic rings. The van der Waals surface area contributed by atoms with Crippen LogP contribution in [0.1, 0.15) is 53.4 Å². The van der Waals surface area contributed by atoms with E-state index in [4.69, 9.17) is 0 Å². The maximum atomic E-state index is 3.79. The summed E-state index contributed by atoms with van der Waals surface area (Å²) >= 11 is 0. The van der Waals surface area contributed by atoms with E-state index in [9.17, 15) is 0 Å². The van der Waals surface area contributed by atoms with Crippen molar-refractivity contribution in [1.29, 1.82) is 0 Å². The Morgan fingerprint density at radius 2 is 1.86 bits per heavy atom. The summed E-state index contributed by atoms with van der Waals surface area (Å²) in [5, 5.41) is 0. The van der Waals surface area contributed by atoms with Crippen molar-refractivity contribution in [3.05, 3.63) is 24.8 Å². The molecule has 82 valence electrons. The summed E-state index contributed by atoms with van der Waals surface area (Å²) in [6.45, 7) is 12.9. The zero-order chi connectivity index (χ0) is 11.0. The zero-order valence-corrected chi connectivity index (χ0v) is 10.3. The highest BCUT2D eigenvalue weighted by Crippen LogP contribution is 2.25. The number of rotatable bonds is 7. The molecular weight excluding hydrogens is 168 g/mol. The highest BCUT2D eigenvalue weighted by molar-refractivity contribution is 4.90. The molecule has 0 N–H and O–H groups in total. The summed E-state index contributed by atoms with van der Waals surface area (Å²) in [5.41, 5.74) is 0.383. The third kappa shape index (κ3) is 6.94. The Balaban J connectivity index is 3.74. The van der Waals surface area contributed by atoms with Gasteiger partial charge < -0.3 is 0 Å². The molecule has 1 atom stereocenters. The van der Waals surface area contributed by atoms with Gasteiger partial charge in [-0.1, -0.05) is 52.3 Å². The fourth-order valence-corrected chi connectivity index (χ4v) is 1.37. The van der Waals surface area contributed by atoms with Crippen LogP contribution in [-0.2, 0) is 0 Å².